The molecule has 2 aromatic rings. The lowest BCUT2D eigenvalue weighted by molar-refractivity contribution is -0.133. The van der Waals surface area contributed by atoms with Gasteiger partial charge in [0.1, 0.15) is 0 Å². The minimum Gasteiger partial charge on any atom is -0.439 e. The Morgan fingerprint density at radius 1 is 1.25 bits per heavy atom. The second kappa shape index (κ2) is 7.59. The van der Waals surface area contributed by atoms with Crippen molar-refractivity contribution in [1.82, 2.24) is 14.8 Å². The third kappa shape index (κ3) is 4.21. The number of piperazine rings is 1. The molecule has 1 atom stereocenters. The summed E-state index contributed by atoms with van der Waals surface area (Å²) in [6.07, 6.45) is 2.19. The lowest BCUT2D eigenvalue weighted by Gasteiger charge is -2.34. The maximum Gasteiger partial charge on any atom is 0.224 e. The Labute approximate surface area is 142 Å². The van der Waals surface area contributed by atoms with E-state index in [0.717, 1.165) is 37.5 Å². The van der Waals surface area contributed by atoms with E-state index in [0.29, 0.717) is 18.9 Å². The summed E-state index contributed by atoms with van der Waals surface area (Å²) in [5, 5.41) is 0. The van der Waals surface area contributed by atoms with Crippen LogP contribution in [0.25, 0.3) is 11.3 Å². The lowest BCUT2D eigenvalue weighted by Crippen LogP contribution is -2.49. The topological polar surface area (TPSA) is 75.6 Å². The molecule has 2 heterocycles. The van der Waals surface area contributed by atoms with Gasteiger partial charge in [0.15, 0.2) is 5.76 Å². The first-order valence-corrected chi connectivity index (χ1v) is 8.37. The van der Waals surface area contributed by atoms with Gasteiger partial charge in [0.05, 0.1) is 12.7 Å². The molecule has 1 saturated heterocycles. The van der Waals surface area contributed by atoms with Gasteiger partial charge in [-0.05, 0) is 6.92 Å². The molecule has 2 N–H and O–H groups in total. The van der Waals surface area contributed by atoms with E-state index < -0.39 is 0 Å². The molecule has 1 aliphatic heterocycles. The van der Waals surface area contributed by atoms with Crippen LogP contribution in [0, 0.1) is 0 Å². The maximum atomic E-state index is 12.0. The summed E-state index contributed by atoms with van der Waals surface area (Å²) in [7, 11) is 0. The molecule has 0 spiro atoms. The smallest absolute Gasteiger partial charge is 0.224 e. The summed E-state index contributed by atoms with van der Waals surface area (Å²) in [5.74, 6) is 1.65. The van der Waals surface area contributed by atoms with Crippen molar-refractivity contribution in [3.63, 3.8) is 0 Å². The zero-order valence-corrected chi connectivity index (χ0v) is 14.0. The summed E-state index contributed by atoms with van der Waals surface area (Å²) in [4.78, 5) is 20.6. The monoisotopic (exact) mass is 328 g/mol. The molecule has 0 radical (unpaired) electrons. The highest BCUT2D eigenvalue weighted by Gasteiger charge is 2.22. The molecule has 6 heteroatoms. The molecule has 1 aliphatic rings. The van der Waals surface area contributed by atoms with Gasteiger partial charge in [0.2, 0.25) is 11.8 Å². The minimum absolute atomic E-state index is 0.0840. The first kappa shape index (κ1) is 16.7. The van der Waals surface area contributed by atoms with E-state index in [1.165, 1.54) is 0 Å². The molecule has 6 nitrogen and oxygen atoms in total. The van der Waals surface area contributed by atoms with E-state index in [4.69, 9.17) is 10.2 Å². The van der Waals surface area contributed by atoms with Gasteiger partial charge in [-0.2, -0.15) is 0 Å². The number of nitrogens with two attached hydrogens (primary N) is 1. The van der Waals surface area contributed by atoms with Gasteiger partial charge in [-0.3, -0.25) is 9.69 Å². The Balaban J connectivity index is 1.52. The second-order valence-corrected chi connectivity index (χ2v) is 6.32. The van der Waals surface area contributed by atoms with Crippen LogP contribution >= 0.6 is 0 Å². The molecule has 0 bridgehead atoms. The largest absolute Gasteiger partial charge is 0.439 e. The van der Waals surface area contributed by atoms with E-state index in [9.17, 15) is 4.79 Å². The Kier molecular flexibility index (Phi) is 5.27. The number of rotatable bonds is 5. The molecule has 3 rings (SSSR count). The van der Waals surface area contributed by atoms with E-state index in [1.807, 2.05) is 42.2 Å². The van der Waals surface area contributed by atoms with Crippen LogP contribution in [0.15, 0.2) is 40.9 Å². The molecule has 1 fully saturated rings. The summed E-state index contributed by atoms with van der Waals surface area (Å²) in [6, 6.07) is 9.87. The van der Waals surface area contributed by atoms with E-state index in [-0.39, 0.29) is 11.9 Å². The second-order valence-electron chi connectivity index (χ2n) is 6.32. The fourth-order valence-corrected chi connectivity index (χ4v) is 2.87. The van der Waals surface area contributed by atoms with E-state index in [1.54, 1.807) is 6.20 Å². The molecule has 0 saturated carbocycles. The van der Waals surface area contributed by atoms with Crippen LogP contribution in [0.2, 0.25) is 0 Å². The minimum atomic E-state index is -0.0840. The van der Waals surface area contributed by atoms with Crippen LogP contribution in [0.5, 0.6) is 0 Å². The van der Waals surface area contributed by atoms with Crippen molar-refractivity contribution in [2.45, 2.75) is 25.9 Å². The normalized spacial score (nSPS) is 17.0. The fraction of sp³-hybridized carbons (Fsp3) is 0.444. The Morgan fingerprint density at radius 2 is 1.96 bits per heavy atom. The number of nitrogens with zero attached hydrogens (tertiary/aromatic N) is 3. The van der Waals surface area contributed by atoms with Gasteiger partial charge in [0.25, 0.3) is 0 Å². The Bertz CT molecular complexity index is 661. The molecule has 1 aromatic heterocycles. The molecule has 24 heavy (non-hydrogen) atoms. The number of oxazole rings is 1. The summed E-state index contributed by atoms with van der Waals surface area (Å²) in [6.45, 7) is 5.65. The Hall–Kier alpha value is -2.18. The zero-order chi connectivity index (χ0) is 16.9. The van der Waals surface area contributed by atoms with Crippen LogP contribution in [0.4, 0.5) is 0 Å². The molecule has 1 amide bonds. The van der Waals surface area contributed by atoms with Crippen molar-refractivity contribution in [3.8, 4) is 11.3 Å². The standard InChI is InChI=1S/C18H24N4O2/c1-14(19)11-18(23)22-9-7-21(8-10-22)13-17-20-12-16(24-17)15-5-3-2-4-6-15/h2-6,12,14H,7-11,13,19H2,1H3. The van der Waals surface area contributed by atoms with Crippen molar-refractivity contribution in [3.05, 3.63) is 42.4 Å². The van der Waals surface area contributed by atoms with Crippen molar-refractivity contribution >= 4 is 5.91 Å². The predicted octanol–water partition coefficient (Wildman–Crippen LogP) is 1.72. The highest BCUT2D eigenvalue weighted by atomic mass is 16.4. The average molecular weight is 328 g/mol. The summed E-state index contributed by atoms with van der Waals surface area (Å²) < 4.78 is 5.85. The summed E-state index contributed by atoms with van der Waals surface area (Å²) in [5.41, 5.74) is 6.73. The van der Waals surface area contributed by atoms with Gasteiger partial charge in [-0.15, -0.1) is 0 Å². The molecular formula is C18H24N4O2. The van der Waals surface area contributed by atoms with Gasteiger partial charge in [-0.25, -0.2) is 4.98 Å². The predicted molar refractivity (Wildman–Crippen MR) is 92.1 cm³/mol. The number of hydrogen-bond donors (Lipinski definition) is 1. The van der Waals surface area contributed by atoms with Gasteiger partial charge < -0.3 is 15.1 Å². The highest BCUT2D eigenvalue weighted by Crippen LogP contribution is 2.20. The van der Waals surface area contributed by atoms with Crippen molar-refractivity contribution in [1.29, 1.82) is 0 Å². The lowest BCUT2D eigenvalue weighted by atomic mass is 10.2. The first-order valence-electron chi connectivity index (χ1n) is 8.37. The number of benzene rings is 1. The quantitative estimate of drug-likeness (QED) is 0.904. The fourth-order valence-electron chi connectivity index (χ4n) is 2.87. The highest BCUT2D eigenvalue weighted by molar-refractivity contribution is 5.76. The van der Waals surface area contributed by atoms with Crippen LogP contribution < -0.4 is 5.73 Å². The van der Waals surface area contributed by atoms with Crippen LogP contribution in [0.1, 0.15) is 19.2 Å². The number of amides is 1. The third-order valence-electron chi connectivity index (χ3n) is 4.19. The SMILES string of the molecule is CC(N)CC(=O)N1CCN(Cc2ncc(-c3ccccc3)o2)CC1. The zero-order valence-electron chi connectivity index (χ0n) is 14.0. The number of carbonyl (C=O) groups is 1. The van der Waals surface area contributed by atoms with Gasteiger partial charge >= 0.3 is 0 Å². The third-order valence-corrected chi connectivity index (χ3v) is 4.19. The van der Waals surface area contributed by atoms with Crippen LogP contribution in [-0.2, 0) is 11.3 Å². The molecule has 1 unspecified atom stereocenters. The number of carbonyl (C=O) groups excluding carboxylic acids is 1. The molecule has 128 valence electrons. The number of aromatic nitrogens is 1. The average Bonchev–Trinajstić information content (AvgIpc) is 3.04. The van der Waals surface area contributed by atoms with Crippen molar-refractivity contribution < 1.29 is 9.21 Å². The first-order chi connectivity index (χ1) is 11.6. The molecule has 1 aromatic carbocycles. The van der Waals surface area contributed by atoms with Gasteiger partial charge in [0, 0.05) is 44.2 Å². The summed E-state index contributed by atoms with van der Waals surface area (Å²) >= 11 is 0. The maximum absolute atomic E-state index is 12.0. The van der Waals surface area contributed by atoms with Crippen molar-refractivity contribution in [2.75, 3.05) is 26.2 Å². The molecule has 0 aliphatic carbocycles. The van der Waals surface area contributed by atoms with E-state index >= 15 is 0 Å². The van der Waals surface area contributed by atoms with Crippen LogP contribution in [-0.4, -0.2) is 52.9 Å². The van der Waals surface area contributed by atoms with Crippen LogP contribution in [0.3, 0.4) is 0 Å². The number of hydrogen-bond acceptors (Lipinski definition) is 5. The van der Waals surface area contributed by atoms with E-state index in [2.05, 4.69) is 9.88 Å². The van der Waals surface area contributed by atoms with Gasteiger partial charge in [-0.1, -0.05) is 30.3 Å². The molecular weight excluding hydrogens is 304 g/mol. The van der Waals surface area contributed by atoms with Crippen molar-refractivity contribution in [2.24, 2.45) is 5.73 Å². The Morgan fingerprint density at radius 3 is 2.62 bits per heavy atom.